The van der Waals surface area contributed by atoms with Crippen LogP contribution in [0.4, 0.5) is 5.69 Å². The number of hydrogen-bond acceptors (Lipinski definition) is 8. The van der Waals surface area contributed by atoms with Gasteiger partial charge in [0.2, 0.25) is 5.88 Å². The molecule has 4 N–H and O–H groups in total. The van der Waals surface area contributed by atoms with Crippen LogP contribution < -0.4 is 20.5 Å². The van der Waals surface area contributed by atoms with E-state index in [9.17, 15) is 4.79 Å². The molecular formula is C20H26N4O4. The summed E-state index contributed by atoms with van der Waals surface area (Å²) in [6.45, 7) is 2.88. The van der Waals surface area contributed by atoms with Gasteiger partial charge in [-0.15, -0.1) is 0 Å². The summed E-state index contributed by atoms with van der Waals surface area (Å²) in [4.78, 5) is 16.3. The van der Waals surface area contributed by atoms with Crippen LogP contribution in [-0.4, -0.2) is 44.0 Å². The molecule has 0 amide bonds. The van der Waals surface area contributed by atoms with E-state index in [1.54, 1.807) is 44.5 Å². The van der Waals surface area contributed by atoms with Gasteiger partial charge in [-0.1, -0.05) is 6.07 Å². The highest BCUT2D eigenvalue weighted by Gasteiger charge is 2.19. The van der Waals surface area contributed by atoms with E-state index in [4.69, 9.17) is 25.4 Å². The fraction of sp³-hybridized carbons (Fsp3) is 0.350. The molecule has 0 saturated carbocycles. The minimum Gasteiger partial charge on any atom is -0.492 e. The lowest BCUT2D eigenvalue weighted by molar-refractivity contribution is -0.143. The molecule has 0 fully saturated rings. The number of carbonyl (C=O) groups excluding carboxylic acids is 1. The van der Waals surface area contributed by atoms with Crippen molar-refractivity contribution in [3.63, 3.8) is 0 Å². The Bertz CT molecular complexity index is 780. The lowest BCUT2D eigenvalue weighted by atomic mass is 10.0. The molecule has 1 aromatic heterocycles. The van der Waals surface area contributed by atoms with Gasteiger partial charge < -0.3 is 30.7 Å². The lowest BCUT2D eigenvalue weighted by Crippen LogP contribution is -2.18. The van der Waals surface area contributed by atoms with Crippen LogP contribution in [0, 0.1) is 5.41 Å². The van der Waals surface area contributed by atoms with Crippen molar-refractivity contribution in [3.05, 3.63) is 47.7 Å². The average molecular weight is 386 g/mol. The number of esters is 1. The molecule has 0 radical (unpaired) electrons. The number of pyridine rings is 1. The Kier molecular flexibility index (Phi) is 8.23. The highest BCUT2D eigenvalue weighted by molar-refractivity contribution is 5.87. The molecule has 1 unspecified atom stereocenters. The topological polar surface area (TPSA) is 120 Å². The monoisotopic (exact) mass is 386 g/mol. The maximum absolute atomic E-state index is 12.1. The van der Waals surface area contributed by atoms with Crippen molar-refractivity contribution in [1.29, 1.82) is 5.41 Å². The van der Waals surface area contributed by atoms with Crippen molar-refractivity contribution >= 4 is 17.9 Å². The first-order chi connectivity index (χ1) is 13.6. The van der Waals surface area contributed by atoms with Gasteiger partial charge >= 0.3 is 5.97 Å². The summed E-state index contributed by atoms with van der Waals surface area (Å²) in [5, 5.41) is 11.0. The Morgan fingerprint density at radius 1 is 1.36 bits per heavy atom. The number of methoxy groups -OCH3 is 1. The van der Waals surface area contributed by atoms with Gasteiger partial charge in [0.1, 0.15) is 12.4 Å². The van der Waals surface area contributed by atoms with Gasteiger partial charge in [-0.05, 0) is 30.7 Å². The van der Waals surface area contributed by atoms with Crippen LogP contribution in [0.5, 0.6) is 11.6 Å². The second-order valence-corrected chi connectivity index (χ2v) is 5.87. The zero-order valence-corrected chi connectivity index (χ0v) is 16.1. The van der Waals surface area contributed by atoms with E-state index in [1.165, 1.54) is 6.21 Å². The van der Waals surface area contributed by atoms with Gasteiger partial charge in [-0.25, -0.2) is 4.98 Å². The molecule has 8 heteroatoms. The van der Waals surface area contributed by atoms with Crippen molar-refractivity contribution in [1.82, 2.24) is 4.98 Å². The molecule has 150 valence electrons. The summed E-state index contributed by atoms with van der Waals surface area (Å²) in [5.74, 6) is 0.790. The SMILES string of the molecule is CCOC(=O)CC(Nc1ccc(OCCN)cc1C=N)c1ccc(OC)nc1. The number of aromatic nitrogens is 1. The Morgan fingerprint density at radius 3 is 2.79 bits per heavy atom. The summed E-state index contributed by atoms with van der Waals surface area (Å²) in [6.07, 6.45) is 2.99. The summed E-state index contributed by atoms with van der Waals surface area (Å²) in [7, 11) is 1.54. The van der Waals surface area contributed by atoms with Crippen LogP contribution in [0.1, 0.15) is 30.5 Å². The maximum Gasteiger partial charge on any atom is 0.308 e. The van der Waals surface area contributed by atoms with Gasteiger partial charge in [0, 0.05) is 36.3 Å². The van der Waals surface area contributed by atoms with Crippen LogP contribution in [0.2, 0.25) is 0 Å². The Hall–Kier alpha value is -3.13. The van der Waals surface area contributed by atoms with Gasteiger partial charge in [0.25, 0.3) is 0 Å². The van der Waals surface area contributed by atoms with Gasteiger partial charge in [-0.3, -0.25) is 4.79 Å². The normalized spacial score (nSPS) is 11.4. The fourth-order valence-corrected chi connectivity index (χ4v) is 2.60. The van der Waals surface area contributed by atoms with E-state index in [0.29, 0.717) is 42.6 Å². The first-order valence-electron chi connectivity index (χ1n) is 9.00. The smallest absolute Gasteiger partial charge is 0.308 e. The Morgan fingerprint density at radius 2 is 2.18 bits per heavy atom. The molecule has 2 aromatic rings. The predicted molar refractivity (Wildman–Crippen MR) is 107 cm³/mol. The van der Waals surface area contributed by atoms with Gasteiger partial charge in [0.15, 0.2) is 0 Å². The molecule has 0 aliphatic rings. The summed E-state index contributed by atoms with van der Waals surface area (Å²) >= 11 is 0. The molecule has 1 heterocycles. The van der Waals surface area contributed by atoms with Crippen LogP contribution in [-0.2, 0) is 9.53 Å². The number of carbonyl (C=O) groups is 1. The average Bonchev–Trinajstić information content (AvgIpc) is 2.72. The van der Waals surface area contributed by atoms with Crippen LogP contribution >= 0.6 is 0 Å². The van der Waals surface area contributed by atoms with E-state index in [1.807, 2.05) is 6.07 Å². The Labute approximate surface area is 164 Å². The van der Waals surface area contributed by atoms with Crippen molar-refractivity contribution in [2.75, 3.05) is 32.2 Å². The third-order valence-electron chi connectivity index (χ3n) is 3.94. The van der Waals surface area contributed by atoms with E-state index in [0.717, 1.165) is 5.56 Å². The van der Waals surface area contributed by atoms with Crippen molar-refractivity contribution in [2.24, 2.45) is 5.73 Å². The molecule has 2 rings (SSSR count). The number of nitrogens with one attached hydrogen (secondary N) is 2. The van der Waals surface area contributed by atoms with Crippen LogP contribution in [0.25, 0.3) is 0 Å². The first-order valence-corrected chi connectivity index (χ1v) is 9.00. The van der Waals surface area contributed by atoms with Gasteiger partial charge in [-0.2, -0.15) is 0 Å². The number of nitrogens with zero attached hydrogens (tertiary/aromatic N) is 1. The summed E-state index contributed by atoms with van der Waals surface area (Å²) < 4.78 is 15.7. The van der Waals surface area contributed by atoms with Crippen molar-refractivity contribution < 1.29 is 19.0 Å². The number of ether oxygens (including phenoxy) is 3. The molecule has 0 spiro atoms. The number of hydrogen-bond donors (Lipinski definition) is 3. The van der Waals surface area contributed by atoms with E-state index >= 15 is 0 Å². The minimum absolute atomic E-state index is 0.116. The molecule has 8 nitrogen and oxygen atoms in total. The molecule has 1 atom stereocenters. The molecule has 1 aromatic carbocycles. The minimum atomic E-state index is -0.382. The van der Waals surface area contributed by atoms with Crippen LogP contribution in [0.15, 0.2) is 36.5 Å². The highest BCUT2D eigenvalue weighted by atomic mass is 16.5. The number of anilines is 1. The van der Waals surface area contributed by atoms with E-state index in [-0.39, 0.29) is 18.4 Å². The van der Waals surface area contributed by atoms with Crippen molar-refractivity contribution in [3.8, 4) is 11.6 Å². The standard InChI is InChI=1S/C20H26N4O4/c1-3-27-20(25)11-18(14-4-7-19(26-2)23-13-14)24-17-6-5-16(28-9-8-21)10-15(17)12-22/h4-7,10,12-13,18,22,24H,3,8-9,11,21H2,1-2H3. The fourth-order valence-electron chi connectivity index (χ4n) is 2.60. The molecule has 0 aliphatic heterocycles. The first kappa shape index (κ1) is 21.2. The maximum atomic E-state index is 12.1. The number of rotatable bonds is 11. The Balaban J connectivity index is 2.27. The second kappa shape index (κ2) is 10.9. The molecule has 0 bridgehead atoms. The molecule has 0 aliphatic carbocycles. The summed E-state index contributed by atoms with van der Waals surface area (Å²) in [5.41, 5.74) is 7.58. The second-order valence-electron chi connectivity index (χ2n) is 5.87. The third kappa shape index (κ3) is 5.95. The number of nitrogens with two attached hydrogens (primary N) is 1. The molecule has 28 heavy (non-hydrogen) atoms. The van der Waals surface area contributed by atoms with Crippen LogP contribution in [0.3, 0.4) is 0 Å². The summed E-state index contributed by atoms with van der Waals surface area (Å²) in [6, 6.07) is 8.53. The third-order valence-corrected chi connectivity index (χ3v) is 3.94. The van der Waals surface area contributed by atoms with E-state index < -0.39 is 0 Å². The number of benzene rings is 1. The van der Waals surface area contributed by atoms with Gasteiger partial charge in [0.05, 0.1) is 26.2 Å². The quantitative estimate of drug-likeness (QED) is 0.401. The lowest BCUT2D eigenvalue weighted by Gasteiger charge is -2.21. The highest BCUT2D eigenvalue weighted by Crippen LogP contribution is 2.28. The predicted octanol–water partition coefficient (Wildman–Crippen LogP) is 2.53. The van der Waals surface area contributed by atoms with Crippen molar-refractivity contribution in [2.45, 2.75) is 19.4 Å². The zero-order chi connectivity index (χ0) is 20.4. The molecule has 0 saturated heterocycles. The largest absolute Gasteiger partial charge is 0.492 e. The molecular weight excluding hydrogens is 360 g/mol. The van der Waals surface area contributed by atoms with E-state index in [2.05, 4.69) is 10.3 Å². The zero-order valence-electron chi connectivity index (χ0n) is 16.1.